The number of amides is 2. The molecule has 1 aliphatic rings. The van der Waals surface area contributed by atoms with Gasteiger partial charge in [0, 0.05) is 19.6 Å². The zero-order chi connectivity index (χ0) is 20.0. The smallest absolute Gasteiger partial charge is 0.387 e. The number of carbonyl (C=O) groups excluding carboxylic acids is 2. The number of alkyl halides is 2. The molecule has 148 valence electrons. The van der Waals surface area contributed by atoms with Crippen LogP contribution in [0.3, 0.4) is 0 Å². The number of para-hydroxylation sites is 1. The topological polar surface area (TPSA) is 95.9 Å². The molecule has 1 aliphatic heterocycles. The van der Waals surface area contributed by atoms with Crippen molar-refractivity contribution in [2.24, 2.45) is 11.8 Å². The van der Waals surface area contributed by atoms with Gasteiger partial charge in [-0.15, -0.1) is 0 Å². The molecule has 0 bridgehead atoms. The Morgan fingerprint density at radius 3 is 2.70 bits per heavy atom. The Balaban J connectivity index is 2.02. The van der Waals surface area contributed by atoms with Crippen LogP contribution in [-0.2, 0) is 9.59 Å². The summed E-state index contributed by atoms with van der Waals surface area (Å²) in [7, 11) is 0. The molecule has 2 N–H and O–H groups in total. The lowest BCUT2D eigenvalue weighted by molar-refractivity contribution is -0.141. The predicted molar refractivity (Wildman–Crippen MR) is 91.5 cm³/mol. The molecule has 0 aliphatic carbocycles. The summed E-state index contributed by atoms with van der Waals surface area (Å²) in [4.78, 5) is 37.3. The fourth-order valence-electron chi connectivity index (χ4n) is 2.87. The van der Waals surface area contributed by atoms with Gasteiger partial charge in [0.25, 0.3) is 5.91 Å². The van der Waals surface area contributed by atoms with Gasteiger partial charge >= 0.3 is 12.6 Å². The number of aliphatic carboxylic acids is 1. The van der Waals surface area contributed by atoms with Gasteiger partial charge in [-0.2, -0.15) is 8.78 Å². The zero-order valence-corrected chi connectivity index (χ0v) is 14.9. The van der Waals surface area contributed by atoms with E-state index in [-0.39, 0.29) is 30.3 Å². The van der Waals surface area contributed by atoms with Crippen molar-refractivity contribution in [1.29, 1.82) is 0 Å². The minimum atomic E-state index is -3.05. The normalized spacial score (nSPS) is 18.1. The first-order valence-electron chi connectivity index (χ1n) is 8.63. The molecule has 1 fully saturated rings. The van der Waals surface area contributed by atoms with Gasteiger partial charge in [-0.05, 0) is 25.0 Å². The summed E-state index contributed by atoms with van der Waals surface area (Å²) in [5.41, 5.74) is 0.0124. The third kappa shape index (κ3) is 5.63. The van der Waals surface area contributed by atoms with Crippen LogP contribution < -0.4 is 10.1 Å². The van der Waals surface area contributed by atoms with E-state index in [1.165, 1.54) is 30.0 Å². The number of nitrogens with zero attached hydrogens (tertiary/aromatic N) is 1. The first-order valence-corrected chi connectivity index (χ1v) is 8.63. The second-order valence-electron chi connectivity index (χ2n) is 6.45. The number of carboxylic acids is 1. The van der Waals surface area contributed by atoms with Crippen LogP contribution in [0, 0.1) is 11.8 Å². The minimum Gasteiger partial charge on any atom is -0.481 e. The van der Waals surface area contributed by atoms with Crippen molar-refractivity contribution in [2.75, 3.05) is 19.6 Å². The number of rotatable bonds is 7. The Morgan fingerprint density at radius 2 is 2.04 bits per heavy atom. The number of benzene rings is 1. The summed E-state index contributed by atoms with van der Waals surface area (Å²) in [5, 5.41) is 11.5. The van der Waals surface area contributed by atoms with Crippen molar-refractivity contribution >= 4 is 17.8 Å². The van der Waals surface area contributed by atoms with E-state index in [1.54, 1.807) is 6.07 Å². The van der Waals surface area contributed by atoms with E-state index in [2.05, 4.69) is 10.1 Å². The molecule has 9 heteroatoms. The molecule has 2 atom stereocenters. The Kier molecular flexibility index (Phi) is 7.09. The third-order valence-corrected chi connectivity index (χ3v) is 4.42. The van der Waals surface area contributed by atoms with Crippen LogP contribution in [0.25, 0.3) is 0 Å². The Bertz CT molecular complexity index is 698. The maximum absolute atomic E-state index is 12.7. The van der Waals surface area contributed by atoms with Gasteiger partial charge in [0.15, 0.2) is 0 Å². The maximum Gasteiger partial charge on any atom is 0.387 e. The van der Waals surface area contributed by atoms with E-state index in [4.69, 9.17) is 5.11 Å². The molecule has 1 heterocycles. The number of halogens is 2. The monoisotopic (exact) mass is 384 g/mol. The molecule has 0 spiro atoms. The van der Waals surface area contributed by atoms with Crippen molar-refractivity contribution in [3.8, 4) is 5.75 Å². The fourth-order valence-corrected chi connectivity index (χ4v) is 2.87. The van der Waals surface area contributed by atoms with E-state index in [9.17, 15) is 23.2 Å². The average Bonchev–Trinajstić information content (AvgIpc) is 2.65. The minimum absolute atomic E-state index is 0.00365. The number of carboxylic acid groups (broad SMARTS) is 1. The summed E-state index contributed by atoms with van der Waals surface area (Å²) in [6.45, 7) is -1.02. The Labute approximate surface area is 155 Å². The van der Waals surface area contributed by atoms with Crippen molar-refractivity contribution in [2.45, 2.75) is 26.4 Å². The van der Waals surface area contributed by atoms with Crippen LogP contribution >= 0.6 is 0 Å². The van der Waals surface area contributed by atoms with Crippen molar-refractivity contribution in [1.82, 2.24) is 10.2 Å². The molecule has 27 heavy (non-hydrogen) atoms. The molecular weight excluding hydrogens is 362 g/mol. The molecular formula is C18H22F2N2O5. The quantitative estimate of drug-likeness (QED) is 0.749. The van der Waals surface area contributed by atoms with Gasteiger partial charge in [0.2, 0.25) is 5.91 Å². The lowest BCUT2D eigenvalue weighted by Crippen LogP contribution is -2.46. The molecule has 7 nitrogen and oxygen atoms in total. The largest absolute Gasteiger partial charge is 0.481 e. The van der Waals surface area contributed by atoms with E-state index in [0.717, 1.165) is 0 Å². The molecule has 1 saturated heterocycles. The molecule has 1 aromatic carbocycles. The highest BCUT2D eigenvalue weighted by Crippen LogP contribution is 2.25. The van der Waals surface area contributed by atoms with E-state index >= 15 is 0 Å². The van der Waals surface area contributed by atoms with Gasteiger partial charge in [-0.1, -0.05) is 19.1 Å². The summed E-state index contributed by atoms with van der Waals surface area (Å²) in [6, 6.07) is 5.73. The molecule has 2 amide bonds. The third-order valence-electron chi connectivity index (χ3n) is 4.42. The van der Waals surface area contributed by atoms with Crippen molar-refractivity contribution in [3.63, 3.8) is 0 Å². The standard InChI is InChI=1S/C18H22F2N2O5/c1-11(17(25)26)9-21-15(23)12-5-4-8-22(10-12)16(24)13-6-2-3-7-14(13)27-18(19)20/h2-3,6-7,11-12,18H,4-5,8-10H2,1H3,(H,21,23)(H,25,26). The number of nitrogens with one attached hydrogen (secondary N) is 1. The lowest BCUT2D eigenvalue weighted by atomic mass is 9.96. The van der Waals surface area contributed by atoms with Crippen molar-refractivity contribution < 1.29 is 33.0 Å². The second-order valence-corrected chi connectivity index (χ2v) is 6.45. The summed E-state index contributed by atoms with van der Waals surface area (Å²) < 4.78 is 29.5. The summed E-state index contributed by atoms with van der Waals surface area (Å²) in [5.74, 6) is -3.22. The molecule has 2 unspecified atom stereocenters. The van der Waals surface area contributed by atoms with Gasteiger partial charge in [0.05, 0.1) is 17.4 Å². The maximum atomic E-state index is 12.7. The average molecular weight is 384 g/mol. The van der Waals surface area contributed by atoms with Gasteiger partial charge in [-0.25, -0.2) is 0 Å². The van der Waals surface area contributed by atoms with Crippen molar-refractivity contribution in [3.05, 3.63) is 29.8 Å². The number of ether oxygens (including phenoxy) is 1. The zero-order valence-electron chi connectivity index (χ0n) is 14.9. The lowest BCUT2D eigenvalue weighted by Gasteiger charge is -2.32. The molecule has 0 saturated carbocycles. The highest BCUT2D eigenvalue weighted by molar-refractivity contribution is 5.97. The van der Waals surface area contributed by atoms with Gasteiger partial charge in [-0.3, -0.25) is 14.4 Å². The van der Waals surface area contributed by atoms with Crippen LogP contribution in [0.5, 0.6) is 5.75 Å². The van der Waals surface area contributed by atoms with Crippen LogP contribution in [0.2, 0.25) is 0 Å². The van der Waals surface area contributed by atoms with E-state index in [0.29, 0.717) is 19.4 Å². The molecule has 0 radical (unpaired) electrons. The van der Waals surface area contributed by atoms with E-state index in [1.807, 2.05) is 0 Å². The number of carbonyl (C=O) groups is 3. The first kappa shape index (κ1) is 20.6. The fraction of sp³-hybridized carbons (Fsp3) is 0.500. The molecule has 2 rings (SSSR count). The number of hydrogen-bond acceptors (Lipinski definition) is 4. The van der Waals surface area contributed by atoms with Gasteiger partial charge < -0.3 is 20.1 Å². The second kappa shape index (κ2) is 9.29. The van der Waals surface area contributed by atoms with Crippen LogP contribution in [0.15, 0.2) is 24.3 Å². The highest BCUT2D eigenvalue weighted by Gasteiger charge is 2.30. The Morgan fingerprint density at radius 1 is 1.33 bits per heavy atom. The summed E-state index contributed by atoms with van der Waals surface area (Å²) >= 11 is 0. The number of hydrogen-bond donors (Lipinski definition) is 2. The first-order chi connectivity index (χ1) is 12.8. The number of piperidine rings is 1. The van der Waals surface area contributed by atoms with E-state index < -0.39 is 30.3 Å². The van der Waals surface area contributed by atoms with Crippen LogP contribution in [0.1, 0.15) is 30.1 Å². The highest BCUT2D eigenvalue weighted by atomic mass is 19.3. The van der Waals surface area contributed by atoms with Crippen LogP contribution in [0.4, 0.5) is 8.78 Å². The SMILES string of the molecule is CC(CNC(=O)C1CCCN(C(=O)c2ccccc2OC(F)F)C1)C(=O)O. The van der Waals surface area contributed by atoms with Gasteiger partial charge in [0.1, 0.15) is 5.75 Å². The molecule has 1 aromatic rings. The predicted octanol–water partition coefficient (Wildman–Crippen LogP) is 1.98. The Hall–Kier alpha value is -2.71. The van der Waals surface area contributed by atoms with Crippen LogP contribution in [-0.4, -0.2) is 54.0 Å². The molecule has 0 aromatic heterocycles. The number of likely N-dealkylation sites (tertiary alicyclic amines) is 1. The summed E-state index contributed by atoms with van der Waals surface area (Å²) in [6.07, 6.45) is 1.14.